The predicted octanol–water partition coefficient (Wildman–Crippen LogP) is 3.66. The SMILES string of the molecule is CC1CCN(C(CNC(=O)NCC2COc3ccccc3O2)c2cccs2)CC1. The van der Waals surface area contributed by atoms with E-state index < -0.39 is 0 Å². The highest BCUT2D eigenvalue weighted by molar-refractivity contribution is 7.10. The van der Waals surface area contributed by atoms with E-state index in [0.29, 0.717) is 19.7 Å². The monoisotopic (exact) mass is 415 g/mol. The topological polar surface area (TPSA) is 62.8 Å². The second-order valence-corrected chi connectivity index (χ2v) is 8.82. The van der Waals surface area contributed by atoms with Crippen molar-refractivity contribution in [1.29, 1.82) is 0 Å². The van der Waals surface area contributed by atoms with Gasteiger partial charge in [0.2, 0.25) is 0 Å². The highest BCUT2D eigenvalue weighted by Crippen LogP contribution is 2.31. The minimum atomic E-state index is -0.188. The zero-order valence-corrected chi connectivity index (χ0v) is 17.6. The maximum atomic E-state index is 12.4. The van der Waals surface area contributed by atoms with Crippen LogP contribution in [0.2, 0.25) is 0 Å². The average Bonchev–Trinajstić information content (AvgIpc) is 3.28. The molecule has 1 aromatic carbocycles. The van der Waals surface area contributed by atoms with Gasteiger partial charge in [-0.05, 0) is 55.4 Å². The Kier molecular flexibility index (Phi) is 6.56. The molecule has 2 aliphatic rings. The lowest BCUT2D eigenvalue weighted by Crippen LogP contribution is -2.47. The summed E-state index contributed by atoms with van der Waals surface area (Å²) in [5, 5.41) is 8.08. The first-order chi connectivity index (χ1) is 14.2. The van der Waals surface area contributed by atoms with Crippen LogP contribution in [0.4, 0.5) is 4.79 Å². The van der Waals surface area contributed by atoms with Crippen LogP contribution in [-0.4, -0.2) is 49.8 Å². The summed E-state index contributed by atoms with van der Waals surface area (Å²) < 4.78 is 11.6. The number of hydrogen-bond acceptors (Lipinski definition) is 5. The standard InChI is InChI=1S/C22H29N3O3S/c1-16-8-10-25(11-9-16)18(21-7-4-12-29-21)14-24-22(26)23-13-17-15-27-19-5-2-3-6-20(19)28-17/h2-7,12,16-18H,8-11,13-15H2,1H3,(H2,23,24,26). The van der Waals surface area contributed by atoms with Crippen LogP contribution in [0.15, 0.2) is 41.8 Å². The van der Waals surface area contributed by atoms with Crippen LogP contribution in [0.5, 0.6) is 11.5 Å². The van der Waals surface area contributed by atoms with Crippen LogP contribution in [-0.2, 0) is 0 Å². The number of ether oxygens (including phenoxy) is 2. The summed E-state index contributed by atoms with van der Waals surface area (Å²) in [4.78, 5) is 16.2. The van der Waals surface area contributed by atoms with E-state index in [2.05, 4.69) is 40.0 Å². The van der Waals surface area contributed by atoms with Crippen LogP contribution >= 0.6 is 11.3 Å². The second kappa shape index (κ2) is 9.50. The summed E-state index contributed by atoms with van der Waals surface area (Å²) >= 11 is 1.76. The normalized spacial score (nSPS) is 20.8. The molecule has 4 rings (SSSR count). The maximum absolute atomic E-state index is 12.4. The first-order valence-electron chi connectivity index (χ1n) is 10.4. The first-order valence-corrected chi connectivity index (χ1v) is 11.2. The number of carbonyl (C=O) groups excluding carboxylic acids is 1. The van der Waals surface area contributed by atoms with Gasteiger partial charge >= 0.3 is 6.03 Å². The number of nitrogens with zero attached hydrogens (tertiary/aromatic N) is 1. The molecular weight excluding hydrogens is 386 g/mol. The van der Waals surface area contributed by atoms with Crippen molar-refractivity contribution in [2.45, 2.75) is 31.9 Å². The molecule has 1 saturated heterocycles. The number of thiophene rings is 1. The van der Waals surface area contributed by atoms with Gasteiger partial charge in [-0.15, -0.1) is 11.3 Å². The molecule has 29 heavy (non-hydrogen) atoms. The highest BCUT2D eigenvalue weighted by Gasteiger charge is 2.26. The molecule has 7 heteroatoms. The van der Waals surface area contributed by atoms with Crippen LogP contribution in [0.3, 0.4) is 0 Å². The van der Waals surface area contributed by atoms with Crippen molar-refractivity contribution in [2.24, 2.45) is 5.92 Å². The van der Waals surface area contributed by atoms with Gasteiger partial charge in [-0.1, -0.05) is 25.1 Å². The maximum Gasteiger partial charge on any atom is 0.314 e. The number of nitrogens with one attached hydrogen (secondary N) is 2. The molecule has 1 fully saturated rings. The van der Waals surface area contributed by atoms with E-state index in [0.717, 1.165) is 30.5 Å². The van der Waals surface area contributed by atoms with Gasteiger partial charge in [0.1, 0.15) is 6.61 Å². The third kappa shape index (κ3) is 5.22. The summed E-state index contributed by atoms with van der Waals surface area (Å²) in [5.74, 6) is 2.26. The van der Waals surface area contributed by atoms with E-state index in [1.807, 2.05) is 24.3 Å². The Bertz CT molecular complexity index is 790. The molecule has 0 aliphatic carbocycles. The number of likely N-dealkylation sites (tertiary alicyclic amines) is 1. The average molecular weight is 416 g/mol. The summed E-state index contributed by atoms with van der Waals surface area (Å²) in [5.41, 5.74) is 0. The lowest BCUT2D eigenvalue weighted by molar-refractivity contribution is 0.0915. The minimum absolute atomic E-state index is 0.167. The summed E-state index contributed by atoms with van der Waals surface area (Å²) in [6, 6.07) is 11.9. The molecule has 0 radical (unpaired) electrons. The third-order valence-corrected chi connectivity index (χ3v) is 6.62. The van der Waals surface area contributed by atoms with Crippen molar-refractivity contribution in [2.75, 3.05) is 32.8 Å². The Morgan fingerprint density at radius 1 is 1.17 bits per heavy atom. The van der Waals surface area contributed by atoms with Gasteiger partial charge in [0.05, 0.1) is 12.6 Å². The number of benzene rings is 1. The molecule has 156 valence electrons. The van der Waals surface area contributed by atoms with E-state index in [1.165, 1.54) is 17.7 Å². The molecule has 6 nitrogen and oxygen atoms in total. The number of urea groups is 1. The van der Waals surface area contributed by atoms with Gasteiger partial charge in [-0.2, -0.15) is 0 Å². The molecule has 0 spiro atoms. The molecule has 2 atom stereocenters. The fourth-order valence-corrected chi connectivity index (χ4v) is 4.71. The zero-order valence-electron chi connectivity index (χ0n) is 16.8. The first kappa shape index (κ1) is 20.0. The van der Waals surface area contributed by atoms with Crippen LogP contribution in [0.1, 0.15) is 30.7 Å². The predicted molar refractivity (Wildman–Crippen MR) is 115 cm³/mol. The zero-order chi connectivity index (χ0) is 20.1. The van der Waals surface area contributed by atoms with E-state index in [1.54, 1.807) is 11.3 Å². The minimum Gasteiger partial charge on any atom is -0.486 e. The number of rotatable bonds is 6. The number of carbonyl (C=O) groups is 1. The van der Waals surface area contributed by atoms with Crippen LogP contribution in [0, 0.1) is 5.92 Å². The van der Waals surface area contributed by atoms with Crippen molar-refractivity contribution < 1.29 is 14.3 Å². The van der Waals surface area contributed by atoms with Crippen molar-refractivity contribution in [3.05, 3.63) is 46.7 Å². The van der Waals surface area contributed by atoms with Crippen molar-refractivity contribution >= 4 is 17.4 Å². The molecule has 0 bridgehead atoms. The largest absolute Gasteiger partial charge is 0.486 e. The Balaban J connectivity index is 1.26. The van der Waals surface area contributed by atoms with Gasteiger partial charge in [-0.25, -0.2) is 4.79 Å². The summed E-state index contributed by atoms with van der Waals surface area (Å²) in [7, 11) is 0. The molecule has 2 N–H and O–H groups in total. The van der Waals surface area contributed by atoms with E-state index >= 15 is 0 Å². The molecule has 2 aromatic rings. The smallest absolute Gasteiger partial charge is 0.314 e. The quantitative estimate of drug-likeness (QED) is 0.756. The molecule has 0 saturated carbocycles. The molecule has 2 aliphatic heterocycles. The Hall–Kier alpha value is -2.25. The van der Waals surface area contributed by atoms with Crippen molar-refractivity contribution in [3.8, 4) is 11.5 Å². The Morgan fingerprint density at radius 2 is 1.97 bits per heavy atom. The Morgan fingerprint density at radius 3 is 2.72 bits per heavy atom. The number of para-hydroxylation sites is 2. The van der Waals surface area contributed by atoms with Crippen molar-refractivity contribution in [1.82, 2.24) is 15.5 Å². The van der Waals surface area contributed by atoms with Crippen LogP contribution in [0.25, 0.3) is 0 Å². The molecule has 2 unspecified atom stereocenters. The highest BCUT2D eigenvalue weighted by atomic mass is 32.1. The van der Waals surface area contributed by atoms with Crippen molar-refractivity contribution in [3.63, 3.8) is 0 Å². The third-order valence-electron chi connectivity index (χ3n) is 5.64. The second-order valence-electron chi connectivity index (χ2n) is 7.84. The van der Waals surface area contributed by atoms with E-state index in [4.69, 9.17) is 9.47 Å². The molecular formula is C22H29N3O3S. The van der Waals surface area contributed by atoms with E-state index in [9.17, 15) is 4.79 Å². The Labute approximate surface area is 176 Å². The molecule has 2 amide bonds. The number of amides is 2. The lowest BCUT2D eigenvalue weighted by Gasteiger charge is -2.36. The van der Waals surface area contributed by atoms with Gasteiger partial charge in [-0.3, -0.25) is 4.90 Å². The van der Waals surface area contributed by atoms with Crippen LogP contribution < -0.4 is 20.1 Å². The van der Waals surface area contributed by atoms with Gasteiger partial charge in [0.15, 0.2) is 17.6 Å². The molecule has 3 heterocycles. The lowest BCUT2D eigenvalue weighted by atomic mass is 9.97. The summed E-state index contributed by atoms with van der Waals surface area (Å²) in [6.45, 7) is 5.93. The van der Waals surface area contributed by atoms with Gasteiger partial charge < -0.3 is 20.1 Å². The fourth-order valence-electron chi connectivity index (χ4n) is 3.85. The van der Waals surface area contributed by atoms with Gasteiger partial charge in [0, 0.05) is 11.4 Å². The number of piperidine rings is 1. The summed E-state index contributed by atoms with van der Waals surface area (Å²) in [6.07, 6.45) is 2.25. The number of hydrogen-bond donors (Lipinski definition) is 2. The van der Waals surface area contributed by atoms with E-state index in [-0.39, 0.29) is 18.2 Å². The number of fused-ring (bicyclic) bond motifs is 1. The fraction of sp³-hybridized carbons (Fsp3) is 0.500. The molecule has 1 aromatic heterocycles. The van der Waals surface area contributed by atoms with Gasteiger partial charge in [0.25, 0.3) is 0 Å².